The third-order valence-corrected chi connectivity index (χ3v) is 7.50. The fraction of sp³-hybridized carbons (Fsp3) is 0.484. The number of morpholine rings is 1. The van der Waals surface area contributed by atoms with Gasteiger partial charge < -0.3 is 30.2 Å². The average Bonchev–Trinajstić information content (AvgIpc) is 3.75. The van der Waals surface area contributed by atoms with Crippen molar-refractivity contribution in [3.8, 4) is 5.75 Å². The van der Waals surface area contributed by atoms with Crippen molar-refractivity contribution >= 4 is 23.5 Å². The minimum atomic E-state index is -0.912. The maximum absolute atomic E-state index is 13.4. The average molecular weight is 581 g/mol. The number of carbonyl (C=O) groups excluding carboxylic acids is 4. The number of ether oxygens (including phenoxy) is 3. The summed E-state index contributed by atoms with van der Waals surface area (Å²) in [7, 11) is 1.55. The van der Waals surface area contributed by atoms with Gasteiger partial charge in [0.2, 0.25) is 17.7 Å². The van der Waals surface area contributed by atoms with Gasteiger partial charge >= 0.3 is 0 Å². The lowest BCUT2D eigenvalue weighted by Gasteiger charge is -2.27. The third kappa shape index (κ3) is 8.85. The molecule has 11 heteroatoms. The van der Waals surface area contributed by atoms with E-state index in [0.29, 0.717) is 50.6 Å². The number of nitrogens with zero attached hydrogens (tertiary/aromatic N) is 1. The molecular weight excluding hydrogens is 540 g/mol. The van der Waals surface area contributed by atoms with E-state index in [4.69, 9.17) is 14.2 Å². The van der Waals surface area contributed by atoms with E-state index in [1.807, 2.05) is 35.2 Å². The zero-order valence-corrected chi connectivity index (χ0v) is 24.4. The number of methoxy groups -OCH3 is 1. The molecule has 2 heterocycles. The van der Waals surface area contributed by atoms with Gasteiger partial charge in [-0.25, -0.2) is 0 Å². The van der Waals surface area contributed by atoms with Gasteiger partial charge in [-0.1, -0.05) is 42.5 Å². The van der Waals surface area contributed by atoms with E-state index in [2.05, 4.69) is 16.0 Å². The Morgan fingerprint density at radius 3 is 2.24 bits per heavy atom. The molecule has 3 N–H and O–H groups in total. The highest BCUT2D eigenvalue weighted by atomic mass is 16.6. The molecule has 0 aromatic heterocycles. The highest BCUT2D eigenvalue weighted by Crippen LogP contribution is 2.29. The molecule has 0 saturated carbocycles. The summed E-state index contributed by atoms with van der Waals surface area (Å²) in [5.41, 5.74) is 0.669. The van der Waals surface area contributed by atoms with Gasteiger partial charge in [0.25, 0.3) is 0 Å². The van der Waals surface area contributed by atoms with Gasteiger partial charge in [0.15, 0.2) is 5.78 Å². The Morgan fingerprint density at radius 1 is 0.952 bits per heavy atom. The molecule has 2 saturated heterocycles. The van der Waals surface area contributed by atoms with Crippen LogP contribution in [0.4, 0.5) is 0 Å². The van der Waals surface area contributed by atoms with Crippen molar-refractivity contribution in [1.29, 1.82) is 0 Å². The standard InChI is InChI=1S/C31H40N4O7/c1-21(32-28(37)19-35-13-15-41-16-14-35)30(39)34-25(23-9-11-24(40-3)12-10-23)18-27(36)33-26(29(38)31(2)20-42-31)17-22-7-5-4-6-8-22/h4-12,21,25-26H,13-20H2,1-3H3,(H,32,37)(H,33,36)(H,34,39). The molecule has 2 aliphatic rings. The van der Waals surface area contributed by atoms with Crippen molar-refractivity contribution in [2.45, 2.75) is 50.4 Å². The van der Waals surface area contributed by atoms with Crippen LogP contribution in [0.3, 0.4) is 0 Å². The molecule has 0 radical (unpaired) electrons. The molecule has 2 aromatic rings. The number of rotatable bonds is 14. The fourth-order valence-electron chi connectivity index (χ4n) is 4.82. The van der Waals surface area contributed by atoms with Crippen LogP contribution in [-0.4, -0.2) is 92.7 Å². The Balaban J connectivity index is 1.43. The smallest absolute Gasteiger partial charge is 0.242 e. The minimum Gasteiger partial charge on any atom is -0.497 e. The van der Waals surface area contributed by atoms with E-state index in [0.717, 1.165) is 5.56 Å². The molecule has 0 aliphatic carbocycles. The number of amides is 3. The Labute approximate surface area is 246 Å². The summed E-state index contributed by atoms with van der Waals surface area (Å²) in [6.07, 6.45) is 0.193. The Hall–Kier alpha value is -3.80. The first-order valence-electron chi connectivity index (χ1n) is 14.2. The van der Waals surface area contributed by atoms with E-state index in [1.54, 1.807) is 45.2 Å². The number of epoxide rings is 1. The van der Waals surface area contributed by atoms with Crippen molar-refractivity contribution in [2.75, 3.05) is 46.6 Å². The van der Waals surface area contributed by atoms with Crippen molar-refractivity contribution in [2.24, 2.45) is 0 Å². The molecule has 2 aromatic carbocycles. The van der Waals surface area contributed by atoms with Crippen molar-refractivity contribution in [3.05, 3.63) is 65.7 Å². The summed E-state index contributed by atoms with van der Waals surface area (Å²) in [4.78, 5) is 54.3. The summed E-state index contributed by atoms with van der Waals surface area (Å²) in [5.74, 6) is -0.672. The predicted octanol–water partition coefficient (Wildman–Crippen LogP) is 1.17. The lowest BCUT2D eigenvalue weighted by Crippen LogP contribution is -2.51. The number of nitrogens with one attached hydrogen (secondary N) is 3. The molecule has 3 amide bonds. The molecular formula is C31H40N4O7. The van der Waals surface area contributed by atoms with Crippen LogP contribution in [0.25, 0.3) is 0 Å². The number of Topliss-reactive ketones (excluding diaryl/α,β-unsaturated/α-hetero) is 1. The number of hydrogen-bond acceptors (Lipinski definition) is 8. The van der Waals surface area contributed by atoms with Crippen LogP contribution in [0, 0.1) is 0 Å². The molecule has 226 valence electrons. The Morgan fingerprint density at radius 2 is 1.62 bits per heavy atom. The molecule has 0 bridgehead atoms. The highest BCUT2D eigenvalue weighted by Gasteiger charge is 2.50. The van der Waals surface area contributed by atoms with Crippen molar-refractivity contribution in [3.63, 3.8) is 0 Å². The second kappa shape index (κ2) is 14.4. The lowest BCUT2D eigenvalue weighted by atomic mass is 9.94. The second-order valence-corrected chi connectivity index (χ2v) is 10.9. The molecule has 42 heavy (non-hydrogen) atoms. The van der Waals surface area contributed by atoms with Gasteiger partial charge in [0.05, 0.1) is 52.0 Å². The van der Waals surface area contributed by atoms with Gasteiger partial charge in [-0.3, -0.25) is 24.1 Å². The van der Waals surface area contributed by atoms with E-state index in [9.17, 15) is 19.2 Å². The van der Waals surface area contributed by atoms with Crippen LogP contribution in [-0.2, 0) is 35.1 Å². The normalized spacial score (nSPS) is 20.5. The Bertz CT molecular complexity index is 1230. The van der Waals surface area contributed by atoms with E-state index >= 15 is 0 Å². The number of hydrogen-bond donors (Lipinski definition) is 3. The van der Waals surface area contributed by atoms with E-state index in [1.165, 1.54) is 0 Å². The van der Waals surface area contributed by atoms with Gasteiger partial charge in [-0.15, -0.1) is 0 Å². The predicted molar refractivity (Wildman–Crippen MR) is 155 cm³/mol. The van der Waals surface area contributed by atoms with Gasteiger partial charge in [0, 0.05) is 13.1 Å². The monoisotopic (exact) mass is 580 g/mol. The van der Waals surface area contributed by atoms with Crippen molar-refractivity contribution in [1.82, 2.24) is 20.9 Å². The number of benzene rings is 2. The van der Waals surface area contributed by atoms with Crippen LogP contribution in [0.2, 0.25) is 0 Å². The zero-order valence-electron chi connectivity index (χ0n) is 24.4. The van der Waals surface area contributed by atoms with Crippen LogP contribution >= 0.6 is 0 Å². The molecule has 4 unspecified atom stereocenters. The minimum absolute atomic E-state index is 0.122. The maximum atomic E-state index is 13.4. The SMILES string of the molecule is COc1ccc(C(CC(=O)NC(Cc2ccccc2)C(=O)C2(C)CO2)NC(=O)C(C)NC(=O)CN2CCOCC2)cc1. The summed E-state index contributed by atoms with van der Waals surface area (Å²) in [6.45, 7) is 6.25. The highest BCUT2D eigenvalue weighted by molar-refractivity contribution is 5.97. The molecule has 0 spiro atoms. The van der Waals surface area contributed by atoms with Crippen LogP contribution in [0.5, 0.6) is 5.75 Å². The second-order valence-electron chi connectivity index (χ2n) is 10.9. The lowest BCUT2D eigenvalue weighted by molar-refractivity contribution is -0.131. The third-order valence-electron chi connectivity index (χ3n) is 7.50. The van der Waals surface area contributed by atoms with Crippen LogP contribution in [0.1, 0.15) is 37.4 Å². The zero-order chi connectivity index (χ0) is 30.1. The molecule has 2 fully saturated rings. The van der Waals surface area contributed by atoms with Gasteiger partial charge in [-0.2, -0.15) is 0 Å². The topological polar surface area (TPSA) is 139 Å². The molecule has 11 nitrogen and oxygen atoms in total. The quantitative estimate of drug-likeness (QED) is 0.283. The van der Waals surface area contributed by atoms with Gasteiger partial charge in [0.1, 0.15) is 17.4 Å². The van der Waals surface area contributed by atoms with E-state index < -0.39 is 35.5 Å². The number of ketones is 1. The maximum Gasteiger partial charge on any atom is 0.242 e. The molecule has 2 aliphatic heterocycles. The van der Waals surface area contributed by atoms with Crippen LogP contribution < -0.4 is 20.7 Å². The fourth-order valence-corrected chi connectivity index (χ4v) is 4.82. The first kappa shape index (κ1) is 31.1. The summed E-state index contributed by atoms with van der Waals surface area (Å²) < 4.78 is 15.9. The summed E-state index contributed by atoms with van der Waals surface area (Å²) in [6, 6.07) is 14.1. The van der Waals surface area contributed by atoms with Gasteiger partial charge in [-0.05, 0) is 43.5 Å². The first-order chi connectivity index (χ1) is 20.2. The largest absolute Gasteiger partial charge is 0.497 e. The van der Waals surface area contributed by atoms with Crippen molar-refractivity contribution < 1.29 is 33.4 Å². The Kier molecular flexibility index (Phi) is 10.7. The summed E-state index contributed by atoms with van der Waals surface area (Å²) in [5, 5.41) is 8.53. The first-order valence-corrected chi connectivity index (χ1v) is 14.2. The van der Waals surface area contributed by atoms with E-state index in [-0.39, 0.29) is 24.7 Å². The molecule has 4 atom stereocenters. The molecule has 4 rings (SSSR count). The number of carbonyl (C=O) groups is 4. The van der Waals surface area contributed by atoms with Crippen LogP contribution in [0.15, 0.2) is 54.6 Å². The summed E-state index contributed by atoms with van der Waals surface area (Å²) >= 11 is 0.